The summed E-state index contributed by atoms with van der Waals surface area (Å²) in [5.41, 5.74) is 1.16. The van der Waals surface area contributed by atoms with Gasteiger partial charge in [0.2, 0.25) is 0 Å². The van der Waals surface area contributed by atoms with Crippen LogP contribution in [0.15, 0.2) is 36.7 Å². The Hall–Kier alpha value is -2.67. The van der Waals surface area contributed by atoms with Crippen LogP contribution in [-0.4, -0.2) is 42.2 Å². The Morgan fingerprint density at radius 1 is 1.20 bits per heavy atom. The molecule has 1 aromatic carbocycles. The van der Waals surface area contributed by atoms with Gasteiger partial charge in [0.15, 0.2) is 0 Å². The number of methoxy groups -OCH3 is 1. The number of anilines is 2. The molecule has 0 saturated heterocycles. The molecular weight excluding hydrogens is 320 g/mol. The first kappa shape index (κ1) is 18.7. The molecule has 0 aliphatic rings. The minimum atomic E-state index is -0.234. The van der Waals surface area contributed by atoms with Crippen LogP contribution < -0.4 is 15.4 Å². The van der Waals surface area contributed by atoms with Crippen LogP contribution in [0.4, 0.5) is 11.5 Å². The molecule has 134 valence electrons. The SMILES string of the molecule is COCCCNC(=O)c1cc(Nc2ccc(OC(C)C)cc2)ncn1. The smallest absolute Gasteiger partial charge is 0.270 e. The number of carbonyl (C=O) groups excluding carboxylic acids is 1. The van der Waals surface area contributed by atoms with Crippen LogP contribution in [0.2, 0.25) is 0 Å². The lowest BCUT2D eigenvalue weighted by Crippen LogP contribution is -2.26. The lowest BCUT2D eigenvalue weighted by Gasteiger charge is -2.11. The van der Waals surface area contributed by atoms with E-state index < -0.39 is 0 Å². The van der Waals surface area contributed by atoms with Crippen molar-refractivity contribution in [1.29, 1.82) is 0 Å². The second-order valence-corrected chi connectivity index (χ2v) is 5.71. The maximum atomic E-state index is 12.1. The maximum Gasteiger partial charge on any atom is 0.270 e. The van der Waals surface area contributed by atoms with Crippen LogP contribution in [-0.2, 0) is 4.74 Å². The zero-order valence-corrected chi connectivity index (χ0v) is 14.8. The fourth-order valence-electron chi connectivity index (χ4n) is 2.10. The van der Waals surface area contributed by atoms with E-state index in [1.807, 2.05) is 38.1 Å². The Morgan fingerprint density at radius 3 is 2.64 bits per heavy atom. The van der Waals surface area contributed by atoms with Crippen molar-refractivity contribution in [1.82, 2.24) is 15.3 Å². The van der Waals surface area contributed by atoms with Crippen LogP contribution >= 0.6 is 0 Å². The fourth-order valence-corrected chi connectivity index (χ4v) is 2.10. The number of aromatic nitrogens is 2. The van der Waals surface area contributed by atoms with Crippen LogP contribution in [0, 0.1) is 0 Å². The van der Waals surface area contributed by atoms with Gasteiger partial charge in [0.05, 0.1) is 6.10 Å². The molecule has 2 rings (SSSR count). The molecule has 1 heterocycles. The van der Waals surface area contributed by atoms with Crippen LogP contribution in [0.1, 0.15) is 30.8 Å². The van der Waals surface area contributed by atoms with E-state index in [1.165, 1.54) is 6.33 Å². The molecule has 1 aromatic heterocycles. The van der Waals surface area contributed by atoms with Gasteiger partial charge < -0.3 is 20.1 Å². The maximum absolute atomic E-state index is 12.1. The van der Waals surface area contributed by atoms with E-state index in [0.29, 0.717) is 24.7 Å². The van der Waals surface area contributed by atoms with E-state index >= 15 is 0 Å². The lowest BCUT2D eigenvalue weighted by molar-refractivity contribution is 0.0943. The summed E-state index contributed by atoms with van der Waals surface area (Å²) in [5.74, 6) is 1.12. The van der Waals surface area contributed by atoms with Crippen molar-refractivity contribution in [2.75, 3.05) is 25.6 Å². The number of hydrogen-bond acceptors (Lipinski definition) is 6. The Labute approximate surface area is 147 Å². The Kier molecular flexibility index (Phi) is 7.16. The number of rotatable bonds is 9. The summed E-state index contributed by atoms with van der Waals surface area (Å²) in [5, 5.41) is 5.95. The number of ether oxygens (including phenoxy) is 2. The van der Waals surface area contributed by atoms with E-state index in [4.69, 9.17) is 9.47 Å². The standard InChI is InChI=1S/C18H24N4O3/c1-13(2)25-15-7-5-14(6-8-15)22-17-11-16(20-12-21-17)18(23)19-9-4-10-24-3/h5-8,11-13H,4,9-10H2,1-3H3,(H,19,23)(H,20,21,22). The van der Waals surface area contributed by atoms with Gasteiger partial charge in [-0.3, -0.25) is 4.79 Å². The van der Waals surface area contributed by atoms with Crippen LogP contribution in [0.3, 0.4) is 0 Å². The predicted octanol–water partition coefficient (Wildman–Crippen LogP) is 2.77. The van der Waals surface area contributed by atoms with Gasteiger partial charge in [0.25, 0.3) is 5.91 Å². The molecule has 1 amide bonds. The molecule has 7 heteroatoms. The molecule has 0 radical (unpaired) electrons. The fraction of sp³-hybridized carbons (Fsp3) is 0.389. The number of nitrogens with one attached hydrogen (secondary N) is 2. The van der Waals surface area contributed by atoms with Gasteiger partial charge in [0.1, 0.15) is 23.6 Å². The average Bonchev–Trinajstić information content (AvgIpc) is 2.60. The minimum Gasteiger partial charge on any atom is -0.491 e. The predicted molar refractivity (Wildman–Crippen MR) is 96.3 cm³/mol. The Bertz CT molecular complexity index is 674. The summed E-state index contributed by atoms with van der Waals surface area (Å²) < 4.78 is 10.6. The van der Waals surface area contributed by atoms with E-state index in [9.17, 15) is 4.79 Å². The molecule has 2 N–H and O–H groups in total. The number of carbonyl (C=O) groups is 1. The molecule has 0 unspecified atom stereocenters. The molecule has 0 aliphatic heterocycles. The van der Waals surface area contributed by atoms with Gasteiger partial charge in [-0.15, -0.1) is 0 Å². The van der Waals surface area contributed by atoms with E-state index in [2.05, 4.69) is 20.6 Å². The van der Waals surface area contributed by atoms with Crippen LogP contribution in [0.5, 0.6) is 5.75 Å². The molecule has 0 spiro atoms. The van der Waals surface area contributed by atoms with Crippen molar-refractivity contribution in [3.05, 3.63) is 42.4 Å². The highest BCUT2D eigenvalue weighted by molar-refractivity contribution is 5.92. The third kappa shape index (κ3) is 6.39. The van der Waals surface area contributed by atoms with Crippen molar-refractivity contribution in [2.45, 2.75) is 26.4 Å². The summed E-state index contributed by atoms with van der Waals surface area (Å²) in [6.07, 6.45) is 2.25. The molecule has 25 heavy (non-hydrogen) atoms. The summed E-state index contributed by atoms with van der Waals surface area (Å²) in [4.78, 5) is 20.2. The zero-order chi connectivity index (χ0) is 18.1. The van der Waals surface area contributed by atoms with Gasteiger partial charge in [0, 0.05) is 32.0 Å². The highest BCUT2D eigenvalue weighted by atomic mass is 16.5. The largest absolute Gasteiger partial charge is 0.491 e. The Balaban J connectivity index is 1.95. The summed E-state index contributed by atoms with van der Waals surface area (Å²) in [6.45, 7) is 5.11. The summed E-state index contributed by atoms with van der Waals surface area (Å²) >= 11 is 0. The van der Waals surface area contributed by atoms with Crippen molar-refractivity contribution in [2.24, 2.45) is 0 Å². The van der Waals surface area contributed by atoms with Gasteiger partial charge in [-0.25, -0.2) is 9.97 Å². The first-order chi connectivity index (χ1) is 12.1. The van der Waals surface area contributed by atoms with Gasteiger partial charge in [-0.05, 0) is 44.5 Å². The van der Waals surface area contributed by atoms with Crippen molar-refractivity contribution < 1.29 is 14.3 Å². The lowest BCUT2D eigenvalue weighted by atomic mass is 10.3. The average molecular weight is 344 g/mol. The first-order valence-electron chi connectivity index (χ1n) is 8.21. The third-order valence-corrected chi connectivity index (χ3v) is 3.21. The normalized spacial score (nSPS) is 10.6. The second-order valence-electron chi connectivity index (χ2n) is 5.71. The zero-order valence-electron chi connectivity index (χ0n) is 14.8. The molecule has 7 nitrogen and oxygen atoms in total. The van der Waals surface area contributed by atoms with Crippen molar-refractivity contribution in [3.63, 3.8) is 0 Å². The number of benzene rings is 1. The number of hydrogen-bond donors (Lipinski definition) is 2. The first-order valence-corrected chi connectivity index (χ1v) is 8.21. The monoisotopic (exact) mass is 344 g/mol. The molecule has 0 bridgehead atoms. The molecular formula is C18H24N4O3. The van der Waals surface area contributed by atoms with E-state index in [1.54, 1.807) is 13.2 Å². The van der Waals surface area contributed by atoms with Crippen molar-refractivity contribution in [3.8, 4) is 5.75 Å². The van der Waals surface area contributed by atoms with Crippen molar-refractivity contribution >= 4 is 17.4 Å². The highest BCUT2D eigenvalue weighted by Gasteiger charge is 2.08. The van der Waals surface area contributed by atoms with Gasteiger partial charge in [-0.1, -0.05) is 0 Å². The number of amides is 1. The van der Waals surface area contributed by atoms with Gasteiger partial charge >= 0.3 is 0 Å². The van der Waals surface area contributed by atoms with Gasteiger partial charge in [-0.2, -0.15) is 0 Å². The molecule has 0 fully saturated rings. The topological polar surface area (TPSA) is 85.4 Å². The Morgan fingerprint density at radius 2 is 1.96 bits per heavy atom. The highest BCUT2D eigenvalue weighted by Crippen LogP contribution is 2.19. The molecule has 0 saturated carbocycles. The van der Waals surface area contributed by atoms with E-state index in [-0.39, 0.29) is 12.0 Å². The molecule has 2 aromatic rings. The van der Waals surface area contributed by atoms with E-state index in [0.717, 1.165) is 17.9 Å². The number of nitrogens with zero attached hydrogens (tertiary/aromatic N) is 2. The third-order valence-electron chi connectivity index (χ3n) is 3.21. The summed E-state index contributed by atoms with van der Waals surface area (Å²) in [7, 11) is 1.63. The quantitative estimate of drug-likeness (QED) is 0.681. The minimum absolute atomic E-state index is 0.130. The summed E-state index contributed by atoms with van der Waals surface area (Å²) in [6, 6.07) is 9.17. The molecule has 0 aliphatic carbocycles. The second kappa shape index (κ2) is 9.58. The molecule has 0 atom stereocenters. The van der Waals surface area contributed by atoms with Crippen LogP contribution in [0.25, 0.3) is 0 Å².